The van der Waals surface area contributed by atoms with Crippen LogP contribution in [0.2, 0.25) is 0 Å². The zero-order chi connectivity index (χ0) is 25.0. The molecule has 182 valence electrons. The van der Waals surface area contributed by atoms with Crippen LogP contribution in [0.1, 0.15) is 61.4 Å². The minimum absolute atomic E-state index is 0.135. The zero-order valence-corrected chi connectivity index (χ0v) is 21.1. The highest BCUT2D eigenvalue weighted by atomic mass is 16.5. The first kappa shape index (κ1) is 25.5. The van der Waals surface area contributed by atoms with Crippen LogP contribution in [-0.4, -0.2) is 60.4 Å². The second-order valence-electron chi connectivity index (χ2n) is 9.38. The number of benzene rings is 2. The molecule has 0 radical (unpaired) electrons. The van der Waals surface area contributed by atoms with Gasteiger partial charge in [0, 0.05) is 12.1 Å². The first-order chi connectivity index (χ1) is 16.1. The lowest BCUT2D eigenvalue weighted by Gasteiger charge is -2.26. The van der Waals surface area contributed by atoms with Crippen LogP contribution in [0, 0.1) is 6.92 Å². The first-order valence-electron chi connectivity index (χ1n) is 11.9. The maximum atomic E-state index is 13.2. The van der Waals surface area contributed by atoms with Crippen LogP contribution in [0.25, 0.3) is 5.76 Å². The maximum absolute atomic E-state index is 13.2. The van der Waals surface area contributed by atoms with E-state index >= 15 is 0 Å². The number of carbonyl (C=O) groups excluding carboxylic acids is 2. The van der Waals surface area contributed by atoms with Crippen LogP contribution >= 0.6 is 0 Å². The molecule has 0 spiro atoms. The van der Waals surface area contributed by atoms with Crippen molar-refractivity contribution in [1.82, 2.24) is 9.80 Å². The molecule has 1 unspecified atom stereocenters. The molecule has 1 aliphatic heterocycles. The highest BCUT2D eigenvalue weighted by molar-refractivity contribution is 6.46. The molecule has 0 aromatic heterocycles. The Morgan fingerprint density at radius 1 is 1.12 bits per heavy atom. The number of nitrogens with zero attached hydrogens (tertiary/aromatic N) is 2. The quantitative estimate of drug-likeness (QED) is 0.325. The van der Waals surface area contributed by atoms with Gasteiger partial charge in [-0.3, -0.25) is 9.59 Å². The number of aliphatic hydroxyl groups is 1. The Balaban J connectivity index is 2.09. The fourth-order valence-corrected chi connectivity index (χ4v) is 4.35. The van der Waals surface area contributed by atoms with Crippen molar-refractivity contribution in [1.29, 1.82) is 0 Å². The maximum Gasteiger partial charge on any atom is 0.295 e. The molecule has 1 atom stereocenters. The second-order valence-corrected chi connectivity index (χ2v) is 9.38. The molecule has 1 aliphatic rings. The smallest absolute Gasteiger partial charge is 0.295 e. The number of likely N-dealkylation sites (tertiary alicyclic amines) is 1. The highest BCUT2D eigenvalue weighted by Crippen LogP contribution is 2.40. The van der Waals surface area contributed by atoms with E-state index in [-0.39, 0.29) is 11.3 Å². The van der Waals surface area contributed by atoms with Gasteiger partial charge >= 0.3 is 0 Å². The SMILES string of the molecule is CCOc1ccc(C(O)=C2C(=O)C(=O)N(CCCN(C)C)C2c2ccc(C(C)C)cc2)cc1C. The van der Waals surface area contributed by atoms with Crippen molar-refractivity contribution in [3.63, 3.8) is 0 Å². The van der Waals surface area contributed by atoms with Gasteiger partial charge in [0.05, 0.1) is 18.2 Å². The van der Waals surface area contributed by atoms with Gasteiger partial charge < -0.3 is 19.6 Å². The van der Waals surface area contributed by atoms with Crippen molar-refractivity contribution in [3.8, 4) is 5.75 Å². The number of aliphatic hydroxyl groups excluding tert-OH is 1. The second kappa shape index (κ2) is 10.9. The van der Waals surface area contributed by atoms with Crippen LogP contribution in [0.5, 0.6) is 5.75 Å². The van der Waals surface area contributed by atoms with Gasteiger partial charge in [-0.1, -0.05) is 38.1 Å². The number of carbonyl (C=O) groups is 2. The van der Waals surface area contributed by atoms with Crippen molar-refractivity contribution in [2.45, 2.75) is 46.1 Å². The normalized spacial score (nSPS) is 17.8. The molecular weight excluding hydrogens is 428 g/mol. The number of ether oxygens (including phenoxy) is 1. The average molecular weight is 465 g/mol. The summed E-state index contributed by atoms with van der Waals surface area (Å²) in [5.41, 5.74) is 3.48. The van der Waals surface area contributed by atoms with E-state index in [2.05, 4.69) is 13.8 Å². The molecule has 1 saturated heterocycles. The molecule has 0 aliphatic carbocycles. The summed E-state index contributed by atoms with van der Waals surface area (Å²) in [6, 6.07) is 12.7. The van der Waals surface area contributed by atoms with Gasteiger partial charge in [-0.2, -0.15) is 0 Å². The van der Waals surface area contributed by atoms with E-state index < -0.39 is 17.7 Å². The van der Waals surface area contributed by atoms with E-state index in [9.17, 15) is 14.7 Å². The molecule has 1 heterocycles. The molecule has 2 aromatic carbocycles. The van der Waals surface area contributed by atoms with E-state index in [1.54, 1.807) is 23.1 Å². The van der Waals surface area contributed by atoms with Gasteiger partial charge in [0.25, 0.3) is 11.7 Å². The number of ketones is 1. The lowest BCUT2D eigenvalue weighted by atomic mass is 9.93. The van der Waals surface area contributed by atoms with Gasteiger partial charge in [0.2, 0.25) is 0 Å². The number of Topliss-reactive ketones (excluding diaryl/α,β-unsaturated/α-hetero) is 1. The summed E-state index contributed by atoms with van der Waals surface area (Å²) in [4.78, 5) is 29.9. The largest absolute Gasteiger partial charge is 0.507 e. The van der Waals surface area contributed by atoms with Crippen molar-refractivity contribution >= 4 is 17.4 Å². The van der Waals surface area contributed by atoms with Gasteiger partial charge in [-0.25, -0.2) is 0 Å². The third-order valence-corrected chi connectivity index (χ3v) is 6.21. The van der Waals surface area contributed by atoms with Crippen molar-refractivity contribution in [3.05, 3.63) is 70.3 Å². The Morgan fingerprint density at radius 2 is 1.79 bits per heavy atom. The Morgan fingerprint density at radius 3 is 2.35 bits per heavy atom. The van der Waals surface area contributed by atoms with Gasteiger partial charge in [-0.15, -0.1) is 0 Å². The van der Waals surface area contributed by atoms with E-state index in [4.69, 9.17) is 4.74 Å². The average Bonchev–Trinajstić information content (AvgIpc) is 3.05. The number of rotatable bonds is 9. The van der Waals surface area contributed by atoms with E-state index in [0.717, 1.165) is 29.8 Å². The monoisotopic (exact) mass is 464 g/mol. The summed E-state index contributed by atoms with van der Waals surface area (Å²) in [6.07, 6.45) is 0.725. The van der Waals surface area contributed by atoms with E-state index in [0.29, 0.717) is 24.6 Å². The van der Waals surface area contributed by atoms with Crippen LogP contribution in [0.4, 0.5) is 0 Å². The summed E-state index contributed by atoms with van der Waals surface area (Å²) < 4.78 is 5.61. The third-order valence-electron chi connectivity index (χ3n) is 6.21. The van der Waals surface area contributed by atoms with Crippen molar-refractivity contribution < 1.29 is 19.4 Å². The summed E-state index contributed by atoms with van der Waals surface area (Å²) in [7, 11) is 3.95. The standard InChI is InChI=1S/C28H36N2O4/c1-7-34-23-14-13-22(17-19(23)4)26(31)24-25(21-11-9-20(10-12-21)18(2)3)30(28(33)27(24)32)16-8-15-29(5)6/h9-14,17-18,25,31H,7-8,15-16H2,1-6H3. The summed E-state index contributed by atoms with van der Waals surface area (Å²) >= 11 is 0. The number of hydrogen-bond donors (Lipinski definition) is 1. The van der Waals surface area contributed by atoms with Crippen LogP contribution < -0.4 is 4.74 Å². The highest BCUT2D eigenvalue weighted by Gasteiger charge is 2.45. The Labute approximate surface area is 202 Å². The first-order valence-corrected chi connectivity index (χ1v) is 11.9. The number of aryl methyl sites for hydroxylation is 1. The van der Waals surface area contributed by atoms with Gasteiger partial charge in [0.1, 0.15) is 11.5 Å². The van der Waals surface area contributed by atoms with Crippen molar-refractivity contribution in [2.24, 2.45) is 0 Å². The summed E-state index contributed by atoms with van der Waals surface area (Å²) in [5, 5.41) is 11.3. The fraction of sp³-hybridized carbons (Fsp3) is 0.429. The van der Waals surface area contributed by atoms with Crippen LogP contribution in [0.3, 0.4) is 0 Å². The van der Waals surface area contributed by atoms with Gasteiger partial charge in [-0.05, 0) is 81.7 Å². The lowest BCUT2D eigenvalue weighted by molar-refractivity contribution is -0.139. The molecule has 34 heavy (non-hydrogen) atoms. The summed E-state index contributed by atoms with van der Waals surface area (Å²) in [6.45, 7) is 9.81. The lowest BCUT2D eigenvalue weighted by Crippen LogP contribution is -2.32. The Kier molecular flexibility index (Phi) is 8.15. The van der Waals surface area contributed by atoms with Crippen molar-refractivity contribution in [2.75, 3.05) is 33.8 Å². The molecular formula is C28H36N2O4. The summed E-state index contributed by atoms with van der Waals surface area (Å²) in [5.74, 6) is -0.276. The molecule has 1 amide bonds. The third kappa shape index (κ3) is 5.33. The molecule has 1 N–H and O–H groups in total. The molecule has 6 heteroatoms. The fourth-order valence-electron chi connectivity index (χ4n) is 4.35. The molecule has 0 bridgehead atoms. The minimum atomic E-state index is -0.646. The predicted octanol–water partition coefficient (Wildman–Crippen LogP) is 4.89. The Bertz CT molecular complexity index is 1070. The molecule has 2 aromatic rings. The molecule has 1 fully saturated rings. The molecule has 3 rings (SSSR count). The Hall–Kier alpha value is -3.12. The van der Waals surface area contributed by atoms with Crippen LogP contribution in [0.15, 0.2) is 48.0 Å². The zero-order valence-electron chi connectivity index (χ0n) is 21.1. The van der Waals surface area contributed by atoms with E-state index in [1.807, 2.05) is 57.1 Å². The minimum Gasteiger partial charge on any atom is -0.507 e. The van der Waals surface area contributed by atoms with Gasteiger partial charge in [0.15, 0.2) is 0 Å². The molecule has 6 nitrogen and oxygen atoms in total. The van der Waals surface area contributed by atoms with E-state index in [1.165, 1.54) is 5.56 Å². The number of amides is 1. The number of hydrogen-bond acceptors (Lipinski definition) is 5. The van der Waals surface area contributed by atoms with Crippen LogP contribution in [-0.2, 0) is 9.59 Å². The molecule has 0 saturated carbocycles. The topological polar surface area (TPSA) is 70.1 Å². The predicted molar refractivity (Wildman–Crippen MR) is 135 cm³/mol.